The molecule has 0 bridgehead atoms. The quantitative estimate of drug-likeness (QED) is 0.481. The van der Waals surface area contributed by atoms with Gasteiger partial charge in [0.25, 0.3) is 0 Å². The molecular formula is C15H22N2O3S. The van der Waals surface area contributed by atoms with Crippen molar-refractivity contribution in [3.63, 3.8) is 0 Å². The molecule has 21 heavy (non-hydrogen) atoms. The Bertz CT molecular complexity index is 466. The molecule has 0 aliphatic heterocycles. The van der Waals surface area contributed by atoms with Gasteiger partial charge in [-0.15, -0.1) is 11.8 Å². The molecule has 0 aliphatic carbocycles. The van der Waals surface area contributed by atoms with E-state index in [1.807, 2.05) is 30.5 Å². The molecule has 0 atom stereocenters. The average Bonchev–Trinajstić information content (AvgIpc) is 2.46. The lowest BCUT2D eigenvalue weighted by Crippen LogP contribution is -2.29. The van der Waals surface area contributed by atoms with Crippen LogP contribution < -0.4 is 10.6 Å². The van der Waals surface area contributed by atoms with E-state index in [4.69, 9.17) is 5.11 Å². The van der Waals surface area contributed by atoms with Crippen LogP contribution in [0.25, 0.3) is 0 Å². The van der Waals surface area contributed by atoms with E-state index in [-0.39, 0.29) is 12.5 Å². The Balaban J connectivity index is 2.12. The number of aliphatic carboxylic acids is 1. The van der Waals surface area contributed by atoms with Gasteiger partial charge in [-0.3, -0.25) is 4.79 Å². The fourth-order valence-corrected chi connectivity index (χ4v) is 2.29. The highest BCUT2D eigenvalue weighted by atomic mass is 32.2. The molecule has 3 N–H and O–H groups in total. The smallest absolute Gasteiger partial charge is 0.319 e. The summed E-state index contributed by atoms with van der Waals surface area (Å²) in [6.07, 6.45) is 5.57. The second-order valence-electron chi connectivity index (χ2n) is 4.67. The van der Waals surface area contributed by atoms with Crippen molar-refractivity contribution in [2.24, 2.45) is 0 Å². The maximum absolute atomic E-state index is 11.7. The molecule has 0 spiro atoms. The predicted molar refractivity (Wildman–Crippen MR) is 86.0 cm³/mol. The highest BCUT2D eigenvalue weighted by molar-refractivity contribution is 7.98. The van der Waals surface area contributed by atoms with Gasteiger partial charge in [-0.05, 0) is 37.3 Å². The Morgan fingerprint density at radius 2 is 1.95 bits per heavy atom. The van der Waals surface area contributed by atoms with Crippen molar-refractivity contribution in [3.05, 3.63) is 24.3 Å². The summed E-state index contributed by atoms with van der Waals surface area (Å²) in [6, 6.07) is 7.47. The number of benzene rings is 1. The number of urea groups is 1. The van der Waals surface area contributed by atoms with E-state index in [0.717, 1.165) is 29.8 Å². The number of anilines is 1. The number of thioether (sulfide) groups is 1. The van der Waals surface area contributed by atoms with E-state index >= 15 is 0 Å². The van der Waals surface area contributed by atoms with Crippen molar-refractivity contribution < 1.29 is 14.7 Å². The van der Waals surface area contributed by atoms with Crippen LogP contribution >= 0.6 is 11.8 Å². The van der Waals surface area contributed by atoms with Crippen LogP contribution in [0.3, 0.4) is 0 Å². The van der Waals surface area contributed by atoms with Gasteiger partial charge in [0.15, 0.2) is 0 Å². The largest absolute Gasteiger partial charge is 0.481 e. The van der Waals surface area contributed by atoms with E-state index < -0.39 is 5.97 Å². The van der Waals surface area contributed by atoms with Crippen LogP contribution in [-0.2, 0) is 4.79 Å². The van der Waals surface area contributed by atoms with Crippen LogP contribution in [0.1, 0.15) is 32.1 Å². The molecule has 0 heterocycles. The lowest BCUT2D eigenvalue weighted by Gasteiger charge is -2.08. The summed E-state index contributed by atoms with van der Waals surface area (Å²) >= 11 is 1.63. The highest BCUT2D eigenvalue weighted by Crippen LogP contribution is 2.18. The van der Waals surface area contributed by atoms with Crippen molar-refractivity contribution in [3.8, 4) is 0 Å². The second kappa shape index (κ2) is 10.1. The van der Waals surface area contributed by atoms with Crippen molar-refractivity contribution in [2.45, 2.75) is 37.0 Å². The van der Waals surface area contributed by atoms with Crippen LogP contribution in [-0.4, -0.2) is 29.9 Å². The van der Waals surface area contributed by atoms with Gasteiger partial charge >= 0.3 is 12.0 Å². The SMILES string of the molecule is CSc1cccc(NC(=O)NCCCCCCC(=O)O)c1. The summed E-state index contributed by atoms with van der Waals surface area (Å²) in [7, 11) is 0. The second-order valence-corrected chi connectivity index (χ2v) is 5.55. The van der Waals surface area contributed by atoms with Gasteiger partial charge < -0.3 is 15.7 Å². The van der Waals surface area contributed by atoms with Crippen molar-refractivity contribution in [1.82, 2.24) is 5.32 Å². The van der Waals surface area contributed by atoms with E-state index in [9.17, 15) is 9.59 Å². The zero-order valence-electron chi connectivity index (χ0n) is 12.2. The Morgan fingerprint density at radius 3 is 2.67 bits per heavy atom. The molecule has 2 amide bonds. The number of nitrogens with one attached hydrogen (secondary N) is 2. The lowest BCUT2D eigenvalue weighted by molar-refractivity contribution is -0.137. The molecule has 1 aromatic carbocycles. The molecule has 0 unspecified atom stereocenters. The van der Waals surface area contributed by atoms with Crippen LogP contribution in [0.5, 0.6) is 0 Å². The van der Waals surface area contributed by atoms with Crippen LogP contribution in [0.15, 0.2) is 29.2 Å². The molecule has 0 aromatic heterocycles. The molecule has 0 saturated carbocycles. The minimum atomic E-state index is -0.750. The Hall–Kier alpha value is -1.69. The first-order chi connectivity index (χ1) is 10.1. The minimum Gasteiger partial charge on any atom is -0.481 e. The number of carbonyl (C=O) groups is 2. The summed E-state index contributed by atoms with van der Waals surface area (Å²) in [5.41, 5.74) is 0.779. The van der Waals surface area contributed by atoms with Gasteiger partial charge in [0.05, 0.1) is 0 Å². The van der Waals surface area contributed by atoms with Gasteiger partial charge in [-0.25, -0.2) is 4.79 Å². The third kappa shape index (κ3) is 8.24. The third-order valence-corrected chi connectivity index (χ3v) is 3.66. The molecule has 0 radical (unpaired) electrons. The summed E-state index contributed by atoms with van der Waals surface area (Å²) in [4.78, 5) is 23.1. The monoisotopic (exact) mass is 310 g/mol. The van der Waals surface area contributed by atoms with Gasteiger partial charge in [0.2, 0.25) is 0 Å². The maximum atomic E-state index is 11.7. The number of carboxylic acids is 1. The maximum Gasteiger partial charge on any atom is 0.319 e. The number of rotatable bonds is 9. The molecule has 0 fully saturated rings. The van der Waals surface area contributed by atoms with Crippen LogP contribution in [0.4, 0.5) is 10.5 Å². The van der Waals surface area contributed by atoms with E-state index in [0.29, 0.717) is 13.0 Å². The molecular weight excluding hydrogens is 288 g/mol. The number of carboxylic acid groups (broad SMARTS) is 1. The fraction of sp³-hybridized carbons (Fsp3) is 0.467. The van der Waals surface area contributed by atoms with Crippen molar-refractivity contribution in [2.75, 3.05) is 18.1 Å². The first kappa shape index (κ1) is 17.4. The summed E-state index contributed by atoms with van der Waals surface area (Å²) in [5, 5.41) is 14.1. The Kier molecular flexibility index (Phi) is 8.35. The average molecular weight is 310 g/mol. The normalized spacial score (nSPS) is 10.1. The summed E-state index contributed by atoms with van der Waals surface area (Å²) in [6.45, 7) is 0.598. The van der Waals surface area contributed by atoms with Crippen molar-refractivity contribution in [1.29, 1.82) is 0 Å². The van der Waals surface area contributed by atoms with E-state index in [1.54, 1.807) is 11.8 Å². The Morgan fingerprint density at radius 1 is 1.19 bits per heavy atom. The first-order valence-electron chi connectivity index (χ1n) is 7.02. The lowest BCUT2D eigenvalue weighted by atomic mass is 10.1. The van der Waals surface area contributed by atoms with Crippen LogP contribution in [0.2, 0.25) is 0 Å². The molecule has 6 heteroatoms. The van der Waals surface area contributed by atoms with Crippen molar-refractivity contribution >= 4 is 29.4 Å². The Labute approximate surface area is 129 Å². The van der Waals surface area contributed by atoms with Gasteiger partial charge in [0, 0.05) is 23.5 Å². The number of amides is 2. The standard InChI is InChI=1S/C15H22N2O3S/c1-21-13-8-6-7-12(11-13)17-15(20)16-10-5-3-2-4-9-14(18)19/h6-8,11H,2-5,9-10H2,1H3,(H,18,19)(H2,16,17,20). The number of unbranched alkanes of at least 4 members (excludes halogenated alkanes) is 3. The molecule has 5 nitrogen and oxygen atoms in total. The predicted octanol–water partition coefficient (Wildman–Crippen LogP) is 3.57. The molecule has 1 aromatic rings. The number of hydrogen-bond donors (Lipinski definition) is 3. The fourth-order valence-electron chi connectivity index (χ4n) is 1.83. The van der Waals surface area contributed by atoms with E-state index in [1.165, 1.54) is 0 Å². The zero-order valence-corrected chi connectivity index (χ0v) is 13.0. The molecule has 0 saturated heterocycles. The van der Waals surface area contributed by atoms with Crippen LogP contribution in [0, 0.1) is 0 Å². The zero-order chi connectivity index (χ0) is 15.5. The van der Waals surface area contributed by atoms with E-state index in [2.05, 4.69) is 10.6 Å². The third-order valence-electron chi connectivity index (χ3n) is 2.93. The number of hydrogen-bond acceptors (Lipinski definition) is 3. The summed E-state index contributed by atoms with van der Waals surface area (Å²) < 4.78 is 0. The van der Waals surface area contributed by atoms with Gasteiger partial charge in [-0.2, -0.15) is 0 Å². The minimum absolute atomic E-state index is 0.209. The van der Waals surface area contributed by atoms with Gasteiger partial charge in [0.1, 0.15) is 0 Å². The summed E-state index contributed by atoms with van der Waals surface area (Å²) in [5.74, 6) is -0.750. The topological polar surface area (TPSA) is 78.4 Å². The molecule has 1 rings (SSSR count). The highest BCUT2D eigenvalue weighted by Gasteiger charge is 2.02. The molecule has 116 valence electrons. The van der Waals surface area contributed by atoms with Gasteiger partial charge in [-0.1, -0.05) is 18.9 Å². The molecule has 0 aliphatic rings. The first-order valence-corrected chi connectivity index (χ1v) is 8.25. The number of carbonyl (C=O) groups excluding carboxylic acids is 1.